The quantitative estimate of drug-likeness (QED) is 0.0274. The SMILES string of the molecule is C[C@@H](NC(=O)[C@H](CN)NC(=O)CN(CCN(CCN(CC(=O)O)CC(=O)O)CC(=O)O)CC(=O)O)C(=O)N[C@H](CCCCNC(=O)CNC(=O)CCC(=O)NCCc1cnc[nH]1)C(=O)N[C@H](C)C(=O)N[C@H](CCCCNC(=O)CNC(=O)CCC(=O)NCCc1cnc[nH]1)C(N)=O. The number of nitrogens with two attached hydrogens (primary N) is 2. The smallest absolute Gasteiger partial charge is 0.317 e. The van der Waals surface area contributed by atoms with Crippen molar-refractivity contribution < 1.29 is 97.1 Å². The molecule has 2 aromatic heterocycles. The molecule has 0 aliphatic rings. The predicted molar refractivity (Wildman–Crippen MR) is 338 cm³/mol. The van der Waals surface area contributed by atoms with Crippen LogP contribution in [0.25, 0.3) is 0 Å². The number of aromatic nitrogens is 4. The first-order chi connectivity index (χ1) is 46.0. The van der Waals surface area contributed by atoms with Crippen molar-refractivity contribution in [2.45, 2.75) is 121 Å². The van der Waals surface area contributed by atoms with Crippen molar-refractivity contribution >= 4 is 94.8 Å². The van der Waals surface area contributed by atoms with Gasteiger partial charge in [-0.2, -0.15) is 0 Å². The first kappa shape index (κ1) is 82.9. The Morgan fingerprint density at radius 3 is 1.18 bits per heavy atom. The Hall–Kier alpha value is -10.2. The Morgan fingerprint density at radius 2 is 0.784 bits per heavy atom. The van der Waals surface area contributed by atoms with Crippen LogP contribution in [0, 0.1) is 0 Å². The Balaban J connectivity index is 2.04. The van der Waals surface area contributed by atoms with Crippen LogP contribution < -0.4 is 70.0 Å². The van der Waals surface area contributed by atoms with Gasteiger partial charge in [0.05, 0.1) is 58.5 Å². The molecule has 5 atom stereocenters. The van der Waals surface area contributed by atoms with E-state index in [1.54, 1.807) is 12.4 Å². The summed E-state index contributed by atoms with van der Waals surface area (Å²) in [5.41, 5.74) is 13.1. The van der Waals surface area contributed by atoms with Crippen molar-refractivity contribution in [1.82, 2.24) is 93.1 Å². The van der Waals surface area contributed by atoms with Gasteiger partial charge in [0.25, 0.3) is 0 Å². The summed E-state index contributed by atoms with van der Waals surface area (Å²) in [5.74, 6) is -13.9. The fourth-order valence-electron chi connectivity index (χ4n) is 8.82. The van der Waals surface area contributed by atoms with Gasteiger partial charge in [-0.1, -0.05) is 0 Å². The van der Waals surface area contributed by atoms with Crippen LogP contribution in [0.3, 0.4) is 0 Å². The lowest BCUT2D eigenvalue weighted by Gasteiger charge is -2.28. The van der Waals surface area contributed by atoms with E-state index in [0.29, 0.717) is 32.4 Å². The molecular weight excluding hydrogens is 1280 g/mol. The predicted octanol–water partition coefficient (Wildman–Crippen LogP) is -8.33. The minimum absolute atomic E-state index is 0.00238. The van der Waals surface area contributed by atoms with Gasteiger partial charge >= 0.3 is 23.9 Å². The topological polar surface area (TPSA) is 605 Å². The number of hydrogen-bond acceptors (Lipinski definition) is 22. The number of unbranched alkanes of at least 4 members (excludes halogenated alkanes) is 2. The fraction of sp³-hybridized carbons (Fsp3) is 0.614. The molecule has 0 aliphatic heterocycles. The molecule has 0 spiro atoms. The first-order valence-electron chi connectivity index (χ1n) is 31.1. The average molecular weight is 1380 g/mol. The number of primary amides is 1. The van der Waals surface area contributed by atoms with Gasteiger partial charge in [-0.05, 0) is 52.4 Å². The van der Waals surface area contributed by atoms with Crippen molar-refractivity contribution in [3.8, 4) is 0 Å². The molecular formula is C57H92N20O20. The van der Waals surface area contributed by atoms with Crippen LogP contribution in [-0.4, -0.2) is 285 Å². The van der Waals surface area contributed by atoms with Crippen LogP contribution in [-0.2, 0) is 89.6 Å². The summed E-state index contributed by atoms with van der Waals surface area (Å²) in [6.07, 6.45) is 7.46. The van der Waals surface area contributed by atoms with E-state index in [-0.39, 0.29) is 115 Å². The number of imidazole rings is 2. The number of carboxylic acid groups (broad SMARTS) is 4. The molecule has 12 amide bonds. The largest absolute Gasteiger partial charge is 0.480 e. The van der Waals surface area contributed by atoms with Gasteiger partial charge in [-0.25, -0.2) is 9.97 Å². The van der Waals surface area contributed by atoms with Crippen molar-refractivity contribution in [2.24, 2.45) is 11.5 Å². The molecule has 0 aliphatic carbocycles. The van der Waals surface area contributed by atoms with Gasteiger partial charge < -0.3 is 100 Å². The third-order valence-electron chi connectivity index (χ3n) is 14.0. The van der Waals surface area contributed by atoms with E-state index in [4.69, 9.17) is 11.5 Å². The van der Waals surface area contributed by atoms with Gasteiger partial charge in [-0.3, -0.25) is 91.4 Å². The molecule has 40 heteroatoms. The van der Waals surface area contributed by atoms with Crippen LogP contribution in [0.4, 0.5) is 0 Å². The summed E-state index contributed by atoms with van der Waals surface area (Å²) in [6.45, 7) is -2.33. The lowest BCUT2D eigenvalue weighted by atomic mass is 10.1. The van der Waals surface area contributed by atoms with E-state index < -0.39 is 159 Å². The van der Waals surface area contributed by atoms with E-state index in [1.165, 1.54) is 31.4 Å². The summed E-state index contributed by atoms with van der Waals surface area (Å²) in [6, 6.07) is -7.04. The zero-order valence-electron chi connectivity index (χ0n) is 54.2. The van der Waals surface area contributed by atoms with Crippen molar-refractivity contribution in [1.29, 1.82) is 0 Å². The molecule has 0 saturated carbocycles. The van der Waals surface area contributed by atoms with Crippen molar-refractivity contribution in [3.05, 3.63) is 36.4 Å². The highest BCUT2D eigenvalue weighted by atomic mass is 16.4. The Morgan fingerprint density at radius 1 is 0.423 bits per heavy atom. The Labute approximate surface area is 557 Å². The number of carboxylic acids is 4. The number of amides is 12. The molecule has 21 N–H and O–H groups in total. The summed E-state index contributed by atoms with van der Waals surface area (Å²) >= 11 is 0. The highest BCUT2D eigenvalue weighted by Crippen LogP contribution is 2.06. The molecule has 0 bridgehead atoms. The summed E-state index contributed by atoms with van der Waals surface area (Å²) in [5, 5.41) is 65.0. The molecule has 2 heterocycles. The number of nitrogens with one attached hydrogen (secondary N) is 13. The molecule has 40 nitrogen and oxygen atoms in total. The van der Waals surface area contributed by atoms with Crippen LogP contribution in [0.2, 0.25) is 0 Å². The number of aromatic amines is 2. The molecule has 2 aromatic rings. The minimum Gasteiger partial charge on any atom is -0.480 e. The second-order valence-corrected chi connectivity index (χ2v) is 22.2. The summed E-state index contributed by atoms with van der Waals surface area (Å²) in [4.78, 5) is 217. The highest BCUT2D eigenvalue weighted by Gasteiger charge is 2.30. The number of hydrogen-bond donors (Lipinski definition) is 19. The van der Waals surface area contributed by atoms with Gasteiger partial charge in [0.2, 0.25) is 70.9 Å². The number of H-pyrrole nitrogens is 2. The molecule has 0 unspecified atom stereocenters. The third kappa shape index (κ3) is 39.3. The van der Waals surface area contributed by atoms with Gasteiger partial charge in [0, 0.05) is 121 Å². The number of aliphatic carboxylic acids is 4. The summed E-state index contributed by atoms with van der Waals surface area (Å²) < 4.78 is 0. The molecule has 0 radical (unpaired) electrons. The van der Waals surface area contributed by atoms with Crippen molar-refractivity contribution in [2.75, 3.05) is 105 Å². The molecule has 0 aromatic carbocycles. The van der Waals surface area contributed by atoms with Crippen molar-refractivity contribution in [3.63, 3.8) is 0 Å². The number of carbonyl (C=O) groups is 16. The zero-order chi connectivity index (χ0) is 72.2. The lowest BCUT2D eigenvalue weighted by molar-refractivity contribution is -0.143. The molecule has 97 heavy (non-hydrogen) atoms. The fourth-order valence-corrected chi connectivity index (χ4v) is 8.82. The molecule has 0 saturated heterocycles. The summed E-state index contributed by atoms with van der Waals surface area (Å²) in [7, 11) is 0. The van der Waals surface area contributed by atoms with Crippen LogP contribution >= 0.6 is 0 Å². The number of carbonyl (C=O) groups excluding carboxylic acids is 12. The number of nitrogens with zero attached hydrogens (tertiary/aromatic N) is 5. The maximum atomic E-state index is 13.9. The van der Waals surface area contributed by atoms with E-state index >= 15 is 0 Å². The normalized spacial score (nSPS) is 12.5. The Kier molecular flexibility index (Phi) is 40.0. The Bertz CT molecular complexity index is 2900. The zero-order valence-corrected chi connectivity index (χ0v) is 54.2. The standard InChI is InChI=1S/C57H92N20O20/c1-35(54(94)73-39(53(59)93)7-3-5-15-62-46(82)26-66-44(80)11-9-42(78)64-17-13-37-24-60-33-68-37)70-56(96)40(8-4-6-16-63-47(83)27-67-45(81)12-10-43(79)65-18-14-38-25-61-34-69-38)74-55(95)36(2)71-57(97)41(23-58)72-48(84)28-76(30-50(87)88)21-19-75(29-49(85)86)20-22-77(31-51(89)90)32-52(91)92/h24-25,33-36,39-41H,3-23,26-32,58H2,1-2H3,(H2,59,93)(H,60,68)(H,61,69)(H,62,82)(H,63,83)(H,64,78)(H,65,79)(H,66,80)(H,67,81)(H,70,96)(H,71,97)(H,72,84)(H,73,94)(H,74,95)(H,85,86)(H,87,88)(H,89,90)(H,91,92)/t35-,36-,39-,40-,41+/m1/s1. The molecule has 2 rings (SSSR count). The van der Waals surface area contributed by atoms with Gasteiger partial charge in [-0.15, -0.1) is 0 Å². The lowest BCUT2D eigenvalue weighted by Crippen LogP contribution is -2.59. The minimum atomic E-state index is -1.54. The second kappa shape index (κ2) is 46.8. The van der Waals surface area contributed by atoms with Gasteiger partial charge in [0.1, 0.15) is 30.2 Å². The maximum absolute atomic E-state index is 13.9. The second-order valence-electron chi connectivity index (χ2n) is 22.2. The average Bonchev–Trinajstić information content (AvgIpc) is 1.91. The highest BCUT2D eigenvalue weighted by molar-refractivity contribution is 5.96. The van der Waals surface area contributed by atoms with E-state index in [1.807, 2.05) is 0 Å². The molecule has 0 fully saturated rings. The third-order valence-corrected chi connectivity index (χ3v) is 14.0. The van der Waals surface area contributed by atoms with Crippen LogP contribution in [0.15, 0.2) is 25.0 Å². The van der Waals surface area contributed by atoms with E-state index in [9.17, 15) is 97.1 Å². The van der Waals surface area contributed by atoms with E-state index in [0.717, 1.165) is 21.2 Å². The van der Waals surface area contributed by atoms with Gasteiger partial charge in [0.15, 0.2) is 0 Å². The maximum Gasteiger partial charge on any atom is 0.317 e. The number of rotatable bonds is 53. The monoisotopic (exact) mass is 1380 g/mol. The van der Waals surface area contributed by atoms with Crippen LogP contribution in [0.5, 0.6) is 0 Å². The van der Waals surface area contributed by atoms with E-state index in [2.05, 4.69) is 78.4 Å². The van der Waals surface area contributed by atoms with Crippen LogP contribution in [0.1, 0.15) is 89.4 Å². The molecule has 540 valence electrons. The first-order valence-corrected chi connectivity index (χ1v) is 31.1.